The van der Waals surface area contributed by atoms with Gasteiger partial charge >= 0.3 is 6.03 Å². The van der Waals surface area contributed by atoms with Crippen molar-refractivity contribution in [1.82, 2.24) is 5.32 Å². The van der Waals surface area contributed by atoms with Crippen molar-refractivity contribution in [2.24, 2.45) is 0 Å². The molecule has 0 aliphatic carbocycles. The van der Waals surface area contributed by atoms with E-state index in [1.54, 1.807) is 54.6 Å². The van der Waals surface area contributed by atoms with E-state index in [0.29, 0.717) is 29.1 Å². The number of carbonyl (C=O) groups excluding carboxylic acids is 2. The molecule has 1 heterocycles. The van der Waals surface area contributed by atoms with Gasteiger partial charge in [-0.2, -0.15) is 0 Å². The molecule has 4 rings (SSSR count). The fourth-order valence-electron chi connectivity index (χ4n) is 4.07. The highest BCUT2D eigenvalue weighted by Gasteiger charge is 2.34. The molecule has 1 aliphatic heterocycles. The molecule has 0 saturated carbocycles. The summed E-state index contributed by atoms with van der Waals surface area (Å²) in [5.74, 6) is -1.51. The zero-order valence-corrected chi connectivity index (χ0v) is 20.4. The predicted octanol–water partition coefficient (Wildman–Crippen LogP) is 4.87. The maximum Gasteiger partial charge on any atom is 0.319 e. The summed E-state index contributed by atoms with van der Waals surface area (Å²) >= 11 is 5.85. The number of halogens is 2. The van der Waals surface area contributed by atoms with E-state index >= 15 is 4.39 Å². The number of carbonyl (C=O) groups is 2. The largest absolute Gasteiger partial charge is 0.326 e. The van der Waals surface area contributed by atoms with Crippen LogP contribution in [0.25, 0.3) is 11.1 Å². The molecule has 3 aromatic carbocycles. The highest BCUT2D eigenvalue weighted by Crippen LogP contribution is 2.36. The Hall–Kier alpha value is -3.43. The number of hydrogen-bond acceptors (Lipinski definition) is 4. The highest BCUT2D eigenvalue weighted by atomic mass is 35.5. The van der Waals surface area contributed by atoms with Crippen LogP contribution >= 0.6 is 11.6 Å². The lowest BCUT2D eigenvalue weighted by molar-refractivity contribution is -0.121. The van der Waals surface area contributed by atoms with Gasteiger partial charge in [0, 0.05) is 29.1 Å². The molecule has 7 nitrogen and oxygen atoms in total. The van der Waals surface area contributed by atoms with Crippen LogP contribution in [0, 0.1) is 5.82 Å². The van der Waals surface area contributed by atoms with E-state index in [4.69, 9.17) is 11.6 Å². The SMILES string of the molecule is CS(=O)(=O)c1c(-c2ccccc2)ccc(N2CCC[C@@H](NC(=O)Nc3ccc(Cl)cc3)C2=O)c1F. The van der Waals surface area contributed by atoms with Gasteiger partial charge in [-0.05, 0) is 48.7 Å². The van der Waals surface area contributed by atoms with Gasteiger partial charge in [-0.25, -0.2) is 17.6 Å². The van der Waals surface area contributed by atoms with E-state index in [1.807, 2.05) is 0 Å². The van der Waals surface area contributed by atoms with Gasteiger partial charge in [0.05, 0.1) is 5.69 Å². The van der Waals surface area contributed by atoms with Crippen LogP contribution in [0.4, 0.5) is 20.6 Å². The first-order valence-corrected chi connectivity index (χ1v) is 13.1. The van der Waals surface area contributed by atoms with E-state index in [2.05, 4.69) is 10.6 Å². The lowest BCUT2D eigenvalue weighted by Crippen LogP contribution is -2.53. The molecule has 3 aromatic rings. The number of hydrogen-bond donors (Lipinski definition) is 2. The molecule has 0 radical (unpaired) electrons. The number of urea groups is 1. The van der Waals surface area contributed by atoms with Crippen molar-refractivity contribution < 1.29 is 22.4 Å². The number of anilines is 2. The van der Waals surface area contributed by atoms with Crippen LogP contribution in [0.5, 0.6) is 0 Å². The molecule has 1 aliphatic rings. The Balaban J connectivity index is 1.60. The van der Waals surface area contributed by atoms with Gasteiger partial charge in [-0.1, -0.05) is 48.0 Å². The van der Waals surface area contributed by atoms with Crippen molar-refractivity contribution in [3.63, 3.8) is 0 Å². The van der Waals surface area contributed by atoms with Crippen LogP contribution in [0.3, 0.4) is 0 Å². The second-order valence-corrected chi connectivity index (χ2v) is 10.6. The molecule has 1 atom stereocenters. The fourth-order valence-corrected chi connectivity index (χ4v) is 5.21. The van der Waals surface area contributed by atoms with Crippen molar-refractivity contribution in [1.29, 1.82) is 0 Å². The summed E-state index contributed by atoms with van der Waals surface area (Å²) in [6.45, 7) is 0.195. The molecule has 0 aromatic heterocycles. The maximum atomic E-state index is 15.7. The Morgan fingerprint density at radius 2 is 1.74 bits per heavy atom. The van der Waals surface area contributed by atoms with Crippen LogP contribution in [-0.4, -0.2) is 39.2 Å². The number of nitrogens with zero attached hydrogens (tertiary/aromatic N) is 1. The second-order valence-electron chi connectivity index (χ2n) is 8.20. The zero-order valence-electron chi connectivity index (χ0n) is 18.8. The van der Waals surface area contributed by atoms with Gasteiger partial charge in [0.2, 0.25) is 5.91 Å². The average molecular weight is 516 g/mol. The first kappa shape index (κ1) is 24.7. The van der Waals surface area contributed by atoms with Gasteiger partial charge in [-0.3, -0.25) is 4.79 Å². The Morgan fingerprint density at radius 3 is 2.40 bits per heavy atom. The van der Waals surface area contributed by atoms with Crippen molar-refractivity contribution in [3.8, 4) is 11.1 Å². The van der Waals surface area contributed by atoms with Crippen molar-refractivity contribution in [3.05, 3.63) is 77.6 Å². The third-order valence-corrected chi connectivity index (χ3v) is 7.06. The van der Waals surface area contributed by atoms with E-state index in [-0.39, 0.29) is 17.8 Å². The highest BCUT2D eigenvalue weighted by molar-refractivity contribution is 7.90. The summed E-state index contributed by atoms with van der Waals surface area (Å²) in [5.41, 5.74) is 1.12. The number of nitrogens with one attached hydrogen (secondary N) is 2. The zero-order chi connectivity index (χ0) is 25.2. The summed E-state index contributed by atoms with van der Waals surface area (Å²) in [6, 6.07) is 16.5. The third-order valence-electron chi connectivity index (χ3n) is 5.67. The fraction of sp³-hybridized carbons (Fsp3) is 0.200. The van der Waals surface area contributed by atoms with E-state index < -0.39 is 38.5 Å². The van der Waals surface area contributed by atoms with Gasteiger partial charge in [0.15, 0.2) is 15.7 Å². The Labute approximate surface area is 207 Å². The summed E-state index contributed by atoms with van der Waals surface area (Å²) in [7, 11) is -3.96. The summed E-state index contributed by atoms with van der Waals surface area (Å²) in [5, 5.41) is 5.76. The molecule has 182 valence electrons. The van der Waals surface area contributed by atoms with Crippen molar-refractivity contribution >= 4 is 44.8 Å². The quantitative estimate of drug-likeness (QED) is 0.507. The van der Waals surface area contributed by atoms with Crippen LogP contribution in [0.15, 0.2) is 71.6 Å². The van der Waals surface area contributed by atoms with Crippen LogP contribution in [0.1, 0.15) is 12.8 Å². The lowest BCUT2D eigenvalue weighted by Gasteiger charge is -2.33. The van der Waals surface area contributed by atoms with E-state index in [9.17, 15) is 18.0 Å². The molecule has 0 spiro atoms. The van der Waals surface area contributed by atoms with Gasteiger partial charge in [0.25, 0.3) is 0 Å². The second kappa shape index (κ2) is 10.1. The number of sulfone groups is 1. The molecular weight excluding hydrogens is 493 g/mol. The molecule has 1 fully saturated rings. The lowest BCUT2D eigenvalue weighted by atomic mass is 10.0. The van der Waals surface area contributed by atoms with Gasteiger partial charge < -0.3 is 15.5 Å². The number of piperidine rings is 1. The molecule has 1 saturated heterocycles. The summed E-state index contributed by atoms with van der Waals surface area (Å²) < 4.78 is 40.8. The smallest absolute Gasteiger partial charge is 0.319 e. The Bertz CT molecular complexity index is 1370. The first-order chi connectivity index (χ1) is 16.6. The number of amides is 3. The van der Waals surface area contributed by atoms with E-state index in [1.165, 1.54) is 17.0 Å². The maximum absolute atomic E-state index is 15.7. The molecule has 2 N–H and O–H groups in total. The first-order valence-electron chi connectivity index (χ1n) is 10.9. The van der Waals surface area contributed by atoms with Crippen molar-refractivity contribution in [2.45, 2.75) is 23.8 Å². The minimum absolute atomic E-state index is 0.139. The van der Waals surface area contributed by atoms with Gasteiger partial charge in [-0.15, -0.1) is 0 Å². The van der Waals surface area contributed by atoms with Crippen LogP contribution < -0.4 is 15.5 Å². The predicted molar refractivity (Wildman–Crippen MR) is 134 cm³/mol. The third kappa shape index (κ3) is 5.47. The molecule has 35 heavy (non-hydrogen) atoms. The Kier molecular flexibility index (Phi) is 7.09. The van der Waals surface area contributed by atoms with E-state index in [0.717, 1.165) is 6.26 Å². The molecule has 0 unspecified atom stereocenters. The summed E-state index contributed by atoms with van der Waals surface area (Å²) in [4.78, 5) is 26.3. The van der Waals surface area contributed by atoms with Gasteiger partial charge in [0.1, 0.15) is 10.9 Å². The molecule has 10 heteroatoms. The monoisotopic (exact) mass is 515 g/mol. The average Bonchev–Trinajstić information content (AvgIpc) is 2.82. The molecule has 0 bridgehead atoms. The number of rotatable bonds is 5. The van der Waals surface area contributed by atoms with Crippen LogP contribution in [0.2, 0.25) is 5.02 Å². The number of benzene rings is 3. The summed E-state index contributed by atoms with van der Waals surface area (Å²) in [6.07, 6.45) is 1.79. The van der Waals surface area contributed by atoms with Crippen LogP contribution in [-0.2, 0) is 14.6 Å². The Morgan fingerprint density at radius 1 is 1.06 bits per heavy atom. The molecule has 3 amide bonds. The molecular formula is C25H23ClFN3O4S. The minimum Gasteiger partial charge on any atom is -0.326 e. The minimum atomic E-state index is -3.96. The van der Waals surface area contributed by atoms with Crippen molar-refractivity contribution in [2.75, 3.05) is 23.0 Å². The standard InChI is InChI=1S/C25H23ClFN3O4S/c1-35(33,34)23-19(16-6-3-2-4-7-16)13-14-21(22(23)27)30-15-5-8-20(24(30)31)29-25(32)28-18-11-9-17(26)10-12-18/h2-4,6-7,9-14,20H,5,8,15H2,1H3,(H2,28,29,32)/t20-/m1/s1. The normalized spacial score (nSPS) is 16.1. The topological polar surface area (TPSA) is 95.6 Å².